The largest absolute Gasteiger partial charge is 0.363 e. The van der Waals surface area contributed by atoms with E-state index >= 15 is 0 Å². The van der Waals surface area contributed by atoms with Crippen LogP contribution in [0.3, 0.4) is 0 Å². The summed E-state index contributed by atoms with van der Waals surface area (Å²) in [5.41, 5.74) is 1.63. The van der Waals surface area contributed by atoms with Crippen LogP contribution in [0.4, 0.5) is 17.5 Å². The number of anilines is 3. The Balaban J connectivity index is 1.68. The van der Waals surface area contributed by atoms with Crippen molar-refractivity contribution >= 4 is 40.7 Å². The summed E-state index contributed by atoms with van der Waals surface area (Å²) in [6.07, 6.45) is 3.29. The van der Waals surface area contributed by atoms with Crippen LogP contribution in [0, 0.1) is 0 Å². The fraction of sp³-hybridized carbons (Fsp3) is 0.0667. The Morgan fingerprint density at radius 3 is 2.74 bits per heavy atom. The van der Waals surface area contributed by atoms with Crippen molar-refractivity contribution < 1.29 is 0 Å². The molecule has 0 saturated heterocycles. The van der Waals surface area contributed by atoms with E-state index in [4.69, 9.17) is 23.2 Å². The van der Waals surface area contributed by atoms with Crippen molar-refractivity contribution in [1.29, 1.82) is 0 Å². The topological polar surface area (TPSA) is 75.6 Å². The molecule has 116 valence electrons. The van der Waals surface area contributed by atoms with Crippen LogP contribution >= 0.6 is 23.2 Å². The average Bonchev–Trinajstić information content (AvgIpc) is 2.58. The molecule has 0 atom stereocenters. The molecule has 3 aromatic rings. The van der Waals surface area contributed by atoms with Gasteiger partial charge in [-0.25, -0.2) is 0 Å². The minimum absolute atomic E-state index is 0.356. The molecule has 2 heterocycles. The van der Waals surface area contributed by atoms with Crippen molar-refractivity contribution in [3.8, 4) is 0 Å². The second-order valence-corrected chi connectivity index (χ2v) is 5.41. The maximum atomic E-state index is 5.98. The predicted molar refractivity (Wildman–Crippen MR) is 91.1 cm³/mol. The molecule has 8 heteroatoms. The fourth-order valence-electron chi connectivity index (χ4n) is 1.83. The maximum Gasteiger partial charge on any atom is 0.249 e. The molecule has 0 aliphatic carbocycles. The van der Waals surface area contributed by atoms with Gasteiger partial charge in [0.2, 0.25) is 5.95 Å². The van der Waals surface area contributed by atoms with E-state index in [9.17, 15) is 0 Å². The van der Waals surface area contributed by atoms with Crippen molar-refractivity contribution in [2.45, 2.75) is 6.54 Å². The Hall–Kier alpha value is -2.44. The summed E-state index contributed by atoms with van der Waals surface area (Å²) >= 11 is 11.9. The van der Waals surface area contributed by atoms with Crippen molar-refractivity contribution in [3.05, 3.63) is 64.5 Å². The normalized spacial score (nSPS) is 10.3. The van der Waals surface area contributed by atoms with Crippen LogP contribution < -0.4 is 10.6 Å². The highest BCUT2D eigenvalue weighted by atomic mass is 35.5. The fourth-order valence-corrected chi connectivity index (χ4v) is 2.13. The number of hydrogen-bond acceptors (Lipinski definition) is 6. The molecule has 0 saturated carbocycles. The molecule has 0 bridgehead atoms. The summed E-state index contributed by atoms with van der Waals surface area (Å²) in [7, 11) is 0. The van der Waals surface area contributed by atoms with Crippen LogP contribution in [0.5, 0.6) is 0 Å². The Kier molecular flexibility index (Phi) is 4.85. The van der Waals surface area contributed by atoms with Gasteiger partial charge in [-0.1, -0.05) is 29.3 Å². The molecule has 0 unspecified atom stereocenters. The number of aromatic nitrogens is 4. The van der Waals surface area contributed by atoms with E-state index < -0.39 is 0 Å². The van der Waals surface area contributed by atoms with Gasteiger partial charge in [-0.2, -0.15) is 10.1 Å². The zero-order chi connectivity index (χ0) is 16.1. The Bertz CT molecular complexity index is 797. The zero-order valence-corrected chi connectivity index (χ0v) is 13.4. The quantitative estimate of drug-likeness (QED) is 0.728. The summed E-state index contributed by atoms with van der Waals surface area (Å²) in [5, 5.41) is 15.0. The molecule has 2 aromatic heterocycles. The van der Waals surface area contributed by atoms with Crippen LogP contribution in [-0.2, 0) is 6.54 Å². The zero-order valence-electron chi connectivity index (χ0n) is 11.9. The number of hydrogen-bond donors (Lipinski definition) is 2. The molecule has 0 spiro atoms. The Morgan fingerprint density at radius 2 is 1.96 bits per heavy atom. The van der Waals surface area contributed by atoms with Crippen molar-refractivity contribution in [2.75, 3.05) is 10.6 Å². The molecule has 3 rings (SSSR count). The SMILES string of the molecule is Clc1ccc(Nc2nncc(NCc3ccccn3)n2)cc1Cl. The lowest BCUT2D eigenvalue weighted by Crippen LogP contribution is -2.06. The second-order valence-electron chi connectivity index (χ2n) is 4.59. The third kappa shape index (κ3) is 4.28. The van der Waals surface area contributed by atoms with E-state index in [0.29, 0.717) is 28.4 Å². The highest BCUT2D eigenvalue weighted by Crippen LogP contribution is 2.26. The highest BCUT2D eigenvalue weighted by molar-refractivity contribution is 6.42. The minimum Gasteiger partial charge on any atom is -0.363 e. The lowest BCUT2D eigenvalue weighted by Gasteiger charge is -2.08. The van der Waals surface area contributed by atoms with Gasteiger partial charge in [0, 0.05) is 11.9 Å². The molecule has 0 aliphatic heterocycles. The summed E-state index contributed by atoms with van der Waals surface area (Å²) < 4.78 is 0. The van der Waals surface area contributed by atoms with Crippen LogP contribution in [0.15, 0.2) is 48.8 Å². The molecule has 2 N–H and O–H groups in total. The number of rotatable bonds is 5. The van der Waals surface area contributed by atoms with Gasteiger partial charge in [0.05, 0.1) is 28.5 Å². The lowest BCUT2D eigenvalue weighted by molar-refractivity contribution is 0.955. The van der Waals surface area contributed by atoms with Gasteiger partial charge in [0.15, 0.2) is 5.82 Å². The van der Waals surface area contributed by atoms with E-state index in [0.717, 1.165) is 11.4 Å². The molecular weight excluding hydrogens is 335 g/mol. The first-order valence-corrected chi connectivity index (χ1v) is 7.52. The maximum absolute atomic E-state index is 5.98. The van der Waals surface area contributed by atoms with E-state index in [-0.39, 0.29) is 0 Å². The first-order chi connectivity index (χ1) is 11.2. The molecule has 0 fully saturated rings. The summed E-state index contributed by atoms with van der Waals surface area (Å²) in [4.78, 5) is 8.57. The molecular formula is C15H12Cl2N6. The average molecular weight is 347 g/mol. The van der Waals surface area contributed by atoms with Gasteiger partial charge in [-0.05, 0) is 30.3 Å². The summed E-state index contributed by atoms with van der Waals surface area (Å²) in [6, 6.07) is 10.9. The molecule has 1 aromatic carbocycles. The smallest absolute Gasteiger partial charge is 0.249 e. The van der Waals surface area contributed by atoms with E-state index in [1.165, 1.54) is 0 Å². The predicted octanol–water partition coefficient (Wildman–Crippen LogP) is 3.93. The van der Waals surface area contributed by atoms with E-state index in [2.05, 4.69) is 30.8 Å². The second kappa shape index (κ2) is 7.21. The summed E-state index contributed by atoms with van der Waals surface area (Å²) in [5.74, 6) is 0.947. The standard InChI is InChI=1S/C15H12Cl2N6/c16-12-5-4-10(7-13(12)17)21-15-22-14(9-20-23-15)19-8-11-3-1-2-6-18-11/h1-7,9H,8H2,(H2,19,21,22,23). The number of nitrogens with one attached hydrogen (secondary N) is 2. The number of pyridine rings is 1. The van der Waals surface area contributed by atoms with E-state index in [1.807, 2.05) is 18.2 Å². The van der Waals surface area contributed by atoms with Gasteiger partial charge < -0.3 is 10.6 Å². The van der Waals surface area contributed by atoms with Crippen LogP contribution in [0.25, 0.3) is 0 Å². The molecule has 6 nitrogen and oxygen atoms in total. The number of nitrogens with zero attached hydrogens (tertiary/aromatic N) is 4. The van der Waals surface area contributed by atoms with Gasteiger partial charge in [-0.3, -0.25) is 4.98 Å². The molecule has 0 amide bonds. The number of halogens is 2. The van der Waals surface area contributed by atoms with Gasteiger partial charge in [0.25, 0.3) is 0 Å². The van der Waals surface area contributed by atoms with Gasteiger partial charge >= 0.3 is 0 Å². The van der Waals surface area contributed by atoms with Gasteiger partial charge in [0.1, 0.15) is 0 Å². The van der Waals surface area contributed by atoms with Crippen molar-refractivity contribution in [1.82, 2.24) is 20.2 Å². The molecule has 23 heavy (non-hydrogen) atoms. The van der Waals surface area contributed by atoms with Crippen molar-refractivity contribution in [2.24, 2.45) is 0 Å². The monoisotopic (exact) mass is 346 g/mol. The Labute approximate surface area is 142 Å². The van der Waals surface area contributed by atoms with Crippen LogP contribution in [0.1, 0.15) is 5.69 Å². The summed E-state index contributed by atoms with van der Waals surface area (Å²) in [6.45, 7) is 0.547. The molecule has 0 aliphatic rings. The van der Waals surface area contributed by atoms with Gasteiger partial charge in [-0.15, -0.1) is 5.10 Å². The lowest BCUT2D eigenvalue weighted by atomic mass is 10.3. The first-order valence-electron chi connectivity index (χ1n) is 6.76. The van der Waals surface area contributed by atoms with Crippen molar-refractivity contribution in [3.63, 3.8) is 0 Å². The third-order valence-corrected chi connectivity index (χ3v) is 3.65. The van der Waals surface area contributed by atoms with Crippen LogP contribution in [0.2, 0.25) is 10.0 Å². The Morgan fingerprint density at radius 1 is 1.04 bits per heavy atom. The minimum atomic E-state index is 0.356. The number of benzene rings is 1. The van der Waals surface area contributed by atoms with E-state index in [1.54, 1.807) is 30.6 Å². The third-order valence-electron chi connectivity index (χ3n) is 2.91. The first kappa shape index (κ1) is 15.5. The molecule has 0 radical (unpaired) electrons. The van der Waals surface area contributed by atoms with Crippen LogP contribution in [-0.4, -0.2) is 20.2 Å². The highest BCUT2D eigenvalue weighted by Gasteiger charge is 2.04.